The second kappa shape index (κ2) is 46.1. The van der Waals surface area contributed by atoms with Gasteiger partial charge in [-0.3, -0.25) is 29.2 Å². The quantitative estimate of drug-likeness (QED) is 0.0671. The molecule has 1 aromatic heterocycles. The van der Waals surface area contributed by atoms with Crippen LogP contribution in [0.15, 0.2) is 194 Å². The van der Waals surface area contributed by atoms with Crippen LogP contribution in [-0.2, 0) is 93.3 Å². The number of likely N-dealkylation sites (N-methyl/N-ethyl adjacent to an activating group) is 1. The minimum atomic E-state index is -0.0766. The summed E-state index contributed by atoms with van der Waals surface area (Å²) >= 11 is 0. The van der Waals surface area contributed by atoms with E-state index in [4.69, 9.17) is 5.73 Å². The molecule has 3 fully saturated rings. The second-order valence-electron chi connectivity index (χ2n) is 39.2. The molecule has 2 saturated heterocycles. The van der Waals surface area contributed by atoms with E-state index in [1.54, 1.807) is 24.5 Å². The molecule has 1 saturated carbocycles. The number of nitrogens with two attached hydrogens (primary N) is 1. The first-order chi connectivity index (χ1) is 53.8. The zero-order valence-corrected chi connectivity index (χ0v) is 76.0. The molecule has 13 nitrogen and oxygen atoms in total. The Morgan fingerprint density at radius 2 is 0.678 bits per heavy atom. The lowest BCUT2D eigenvalue weighted by molar-refractivity contribution is -0.125. The van der Waals surface area contributed by atoms with Crippen molar-refractivity contribution in [3.05, 3.63) is 278 Å². The van der Waals surface area contributed by atoms with Gasteiger partial charge in [-0.05, 0) is 162 Å². The highest BCUT2D eigenvalue weighted by atomic mass is 16.2. The Bertz CT molecular complexity index is 4050. The molecule has 3 amide bonds. The van der Waals surface area contributed by atoms with E-state index in [1.165, 1.54) is 126 Å². The number of hydrogen-bond donors (Lipinski definition) is 5. The molecule has 1 aliphatic carbocycles. The number of carbonyl (C=O) groups excluding carboxylic acids is 3. The molecule has 6 N–H and O–H groups in total. The van der Waals surface area contributed by atoms with E-state index in [0.717, 1.165) is 56.7 Å². The number of hydrogen-bond acceptors (Lipinski definition) is 10. The number of pyridine rings is 1. The third-order valence-electron chi connectivity index (χ3n) is 21.2. The second-order valence-corrected chi connectivity index (χ2v) is 39.2. The van der Waals surface area contributed by atoms with Crippen LogP contribution in [0.3, 0.4) is 0 Å². The number of aromatic nitrogens is 1. The molecule has 3 aliphatic rings. The van der Waals surface area contributed by atoms with Gasteiger partial charge in [0.05, 0.1) is 0 Å². The normalized spacial score (nSPS) is 14.5. The summed E-state index contributed by atoms with van der Waals surface area (Å²) in [6, 6.07) is 64.4. The van der Waals surface area contributed by atoms with Gasteiger partial charge in [-0.1, -0.05) is 328 Å². The van der Waals surface area contributed by atoms with E-state index < -0.39 is 0 Å². The topological polar surface area (TPSA) is 151 Å². The number of nitrogens with one attached hydrogen (secondary N) is 4. The van der Waals surface area contributed by atoms with Crippen molar-refractivity contribution in [2.24, 2.45) is 11.7 Å². The third kappa shape index (κ3) is 37.8. The van der Waals surface area contributed by atoms with Crippen LogP contribution in [0.25, 0.3) is 0 Å². The zero-order chi connectivity index (χ0) is 85.4. The molecule has 11 rings (SSSR count). The minimum Gasteiger partial charge on any atom is -0.352 e. The number of amides is 3. The molecule has 0 spiro atoms. The summed E-state index contributed by atoms with van der Waals surface area (Å²) in [6.07, 6.45) is 7.78. The fraction of sp³-hybridized carbons (Fsp3) is 0.510. The first kappa shape index (κ1) is 97.4. The summed E-state index contributed by atoms with van der Waals surface area (Å²) in [7, 11) is 6.39. The summed E-state index contributed by atoms with van der Waals surface area (Å²) in [4.78, 5) is 48.1. The first-order valence-electron chi connectivity index (χ1n) is 42.3. The van der Waals surface area contributed by atoms with Gasteiger partial charge in [0.15, 0.2) is 0 Å². The van der Waals surface area contributed by atoms with Gasteiger partial charge in [0.2, 0.25) is 11.8 Å². The monoisotopic (exact) mass is 1570 g/mol. The molecule has 0 bridgehead atoms. The van der Waals surface area contributed by atoms with Crippen molar-refractivity contribution in [1.82, 2.24) is 45.9 Å². The number of carbonyl (C=O) groups is 3. The highest BCUT2D eigenvalue weighted by molar-refractivity contribution is 5.93. The molecular weight excluding hydrogens is 1410 g/mol. The maximum atomic E-state index is 11.9. The summed E-state index contributed by atoms with van der Waals surface area (Å²) in [5, 5.41) is 12.1. The maximum absolute atomic E-state index is 11.9. The van der Waals surface area contributed by atoms with Crippen LogP contribution >= 0.6 is 0 Å². The molecule has 0 atom stereocenters. The van der Waals surface area contributed by atoms with Gasteiger partial charge in [0.1, 0.15) is 0 Å². The predicted molar refractivity (Wildman–Crippen MR) is 489 cm³/mol. The highest BCUT2D eigenvalue weighted by Gasteiger charge is 2.24. The van der Waals surface area contributed by atoms with Gasteiger partial charge in [-0.25, -0.2) is 0 Å². The molecule has 3 heterocycles. The Labute approximate surface area is 698 Å². The van der Waals surface area contributed by atoms with Crippen molar-refractivity contribution in [2.45, 2.75) is 262 Å². The molecule has 115 heavy (non-hydrogen) atoms. The van der Waals surface area contributed by atoms with Gasteiger partial charge < -0.3 is 36.8 Å². The van der Waals surface area contributed by atoms with Crippen LogP contribution in [0.5, 0.6) is 0 Å². The van der Waals surface area contributed by atoms with E-state index in [9.17, 15) is 14.4 Å². The lowest BCUT2D eigenvalue weighted by Crippen LogP contribution is -2.43. The zero-order valence-electron chi connectivity index (χ0n) is 76.0. The van der Waals surface area contributed by atoms with Crippen LogP contribution in [0, 0.1) is 5.92 Å². The largest absolute Gasteiger partial charge is 0.352 e. The molecule has 628 valence electrons. The van der Waals surface area contributed by atoms with Crippen molar-refractivity contribution in [3.8, 4) is 0 Å². The van der Waals surface area contributed by atoms with Crippen LogP contribution in [0.1, 0.15) is 266 Å². The lowest BCUT2D eigenvalue weighted by atomic mass is 9.87. The smallest absolute Gasteiger partial charge is 0.251 e. The molecule has 0 radical (unpaired) electrons. The van der Waals surface area contributed by atoms with Crippen LogP contribution in [0.4, 0.5) is 0 Å². The van der Waals surface area contributed by atoms with E-state index in [0.29, 0.717) is 31.7 Å². The van der Waals surface area contributed by atoms with E-state index >= 15 is 0 Å². The van der Waals surface area contributed by atoms with Crippen molar-refractivity contribution in [2.75, 3.05) is 73.5 Å². The van der Waals surface area contributed by atoms with Gasteiger partial charge in [0.25, 0.3) is 5.91 Å². The third-order valence-corrected chi connectivity index (χ3v) is 21.2. The minimum absolute atomic E-state index is 0.00916. The van der Waals surface area contributed by atoms with Crippen molar-refractivity contribution in [3.63, 3.8) is 0 Å². The van der Waals surface area contributed by atoms with E-state index in [2.05, 4.69) is 382 Å². The Balaban J connectivity index is 0.000000241. The molecule has 13 heteroatoms. The van der Waals surface area contributed by atoms with Crippen LogP contribution in [0.2, 0.25) is 0 Å². The predicted octanol–water partition coefficient (Wildman–Crippen LogP) is 20.3. The van der Waals surface area contributed by atoms with Crippen molar-refractivity contribution >= 4 is 17.7 Å². The number of benzene rings is 7. The number of piperazine rings is 2. The van der Waals surface area contributed by atoms with E-state index in [1.807, 2.05) is 0 Å². The molecule has 0 unspecified atom stereocenters. The molecule has 8 aromatic rings. The van der Waals surface area contributed by atoms with Crippen molar-refractivity contribution in [1.29, 1.82) is 0 Å². The fourth-order valence-corrected chi connectivity index (χ4v) is 13.1. The molecular formula is C102H152N10O3. The summed E-state index contributed by atoms with van der Waals surface area (Å²) in [5.41, 5.74) is 26.1. The SMILES string of the molecule is CC(=O)NCc1ccc(C(C)(C)C)cc1.CC(C)(C)c1ccc(CN)cc1.CC(C)(C)c1ccc(CN2CCNCC2)cc1.CC(C)(C)c1ccc(CNC(=O)C2CCCC2)cc1.CC(C)(C)c1ccc(CNC(=O)c2ccncc2)cc1.CN(C)Cc1ccc(C(C)(C)C)cc1.CN1CCN(Cc2ccc(C(C)(C)C)cc2)CC1. The maximum Gasteiger partial charge on any atom is 0.251 e. The Kier molecular flexibility index (Phi) is 39.1. The summed E-state index contributed by atoms with van der Waals surface area (Å²) in [5.74, 6) is 0.424. The molecule has 7 aromatic carbocycles. The lowest BCUT2D eigenvalue weighted by Gasteiger charge is -2.32. The average molecular weight is 1570 g/mol. The van der Waals surface area contributed by atoms with Gasteiger partial charge >= 0.3 is 0 Å². The highest BCUT2D eigenvalue weighted by Crippen LogP contribution is 2.30. The fourth-order valence-electron chi connectivity index (χ4n) is 13.1. The Morgan fingerprint density at radius 3 is 0.983 bits per heavy atom. The molecule has 2 aliphatic heterocycles. The Morgan fingerprint density at radius 1 is 0.391 bits per heavy atom. The van der Waals surface area contributed by atoms with Crippen molar-refractivity contribution < 1.29 is 14.4 Å². The van der Waals surface area contributed by atoms with Crippen LogP contribution < -0.4 is 27.0 Å². The van der Waals surface area contributed by atoms with E-state index in [-0.39, 0.29) is 61.5 Å². The number of rotatable bonds is 15. The summed E-state index contributed by atoms with van der Waals surface area (Å²) in [6.45, 7) is 63.2. The van der Waals surface area contributed by atoms with Gasteiger partial charge in [0, 0.05) is 129 Å². The average Bonchev–Trinajstić information content (AvgIpc) is 1.61. The van der Waals surface area contributed by atoms with Gasteiger partial charge in [-0.2, -0.15) is 0 Å². The summed E-state index contributed by atoms with van der Waals surface area (Å²) < 4.78 is 0. The van der Waals surface area contributed by atoms with Gasteiger partial charge in [-0.15, -0.1) is 0 Å². The number of nitrogens with zero attached hydrogens (tertiary/aromatic N) is 5. The Hall–Kier alpha value is -8.14. The standard InChI is InChI=1S/C17H20N2O.C17H25NO.C16H26N2.C15H24N2.C13H19NO.C13H21N.C11H17N/c1-17(2,3)15-6-4-13(5-7-15)12-19-16(20)14-8-10-18-11-9-14;1-17(2,3)15-10-8-13(9-11-15)12-18-16(19)14-6-4-5-7-14;1-16(2,3)15-7-5-14(6-8-15)13-18-11-9-17(4)10-12-18;1-15(2,3)14-6-4-13(5-7-14)12-17-10-8-16-9-11-17;1-10(15)14-9-11-5-7-12(8-6-11)13(2,3)4;1-13(2,3)12-8-6-11(7-9-12)10-14(4)5;1-11(2,3)10-6-4-9(8-12)5-7-10/h4-11H,12H2,1-3H3,(H,19,20);8-11,14H,4-7,12H2,1-3H3,(H,18,19);5-8H,9-13H2,1-4H3;4-7,16H,8-12H2,1-3H3;5-8H,9H2,1-4H3,(H,14,15);6-9H,10H2,1-5H3;4-7H,8,12H2,1-3H3. The first-order valence-corrected chi connectivity index (χ1v) is 42.3. The van der Waals surface area contributed by atoms with Crippen LogP contribution in [-0.4, -0.2) is 116 Å².